The van der Waals surface area contributed by atoms with Crippen molar-refractivity contribution in [2.75, 3.05) is 36.5 Å². The molecule has 1 atom stereocenters. The molecule has 3 rings (SSSR count). The van der Waals surface area contributed by atoms with E-state index in [9.17, 15) is 9.18 Å². The third-order valence-corrected chi connectivity index (χ3v) is 3.99. The maximum atomic E-state index is 13.2. The zero-order valence-electron chi connectivity index (χ0n) is 14.1. The number of hydrogen-bond donors (Lipinski definition) is 1. The van der Waals surface area contributed by atoms with Crippen LogP contribution >= 0.6 is 0 Å². The van der Waals surface area contributed by atoms with Crippen LogP contribution < -0.4 is 15.0 Å². The predicted molar refractivity (Wildman–Crippen MR) is 94.6 cm³/mol. The van der Waals surface area contributed by atoms with Crippen molar-refractivity contribution in [3.05, 3.63) is 54.3 Å². The number of halogens is 1. The highest BCUT2D eigenvalue weighted by atomic mass is 19.1. The summed E-state index contributed by atoms with van der Waals surface area (Å²) < 4.78 is 24.0. The molecule has 5 nitrogen and oxygen atoms in total. The maximum absolute atomic E-state index is 13.2. The van der Waals surface area contributed by atoms with E-state index in [1.807, 2.05) is 24.3 Å². The van der Waals surface area contributed by atoms with E-state index in [0.717, 1.165) is 32.0 Å². The van der Waals surface area contributed by atoms with Crippen LogP contribution in [-0.2, 0) is 9.53 Å². The molecule has 132 valence electrons. The SMILES string of the molecule is C[C@@H](Oc1cccc(F)c1)C(=O)Nc1ccc(N2CCOCC2)cc1. The number of benzene rings is 2. The molecule has 0 radical (unpaired) electrons. The molecule has 6 heteroatoms. The van der Waals surface area contributed by atoms with Gasteiger partial charge in [0.1, 0.15) is 11.6 Å². The number of morpholine rings is 1. The van der Waals surface area contributed by atoms with Crippen molar-refractivity contribution in [1.82, 2.24) is 0 Å². The molecule has 2 aromatic carbocycles. The van der Waals surface area contributed by atoms with Crippen molar-refractivity contribution in [2.45, 2.75) is 13.0 Å². The maximum Gasteiger partial charge on any atom is 0.265 e. The smallest absolute Gasteiger partial charge is 0.265 e. The van der Waals surface area contributed by atoms with E-state index < -0.39 is 11.9 Å². The third-order valence-electron chi connectivity index (χ3n) is 3.99. The lowest BCUT2D eigenvalue weighted by Gasteiger charge is -2.29. The van der Waals surface area contributed by atoms with Crippen molar-refractivity contribution in [3.8, 4) is 5.75 Å². The molecular formula is C19H21FN2O3. The van der Waals surface area contributed by atoms with E-state index in [1.165, 1.54) is 12.1 Å². The van der Waals surface area contributed by atoms with E-state index >= 15 is 0 Å². The molecule has 1 amide bonds. The normalized spacial score (nSPS) is 15.5. The second-order valence-electron chi connectivity index (χ2n) is 5.85. The van der Waals surface area contributed by atoms with E-state index in [-0.39, 0.29) is 5.91 Å². The molecule has 2 aromatic rings. The zero-order valence-corrected chi connectivity index (χ0v) is 14.1. The van der Waals surface area contributed by atoms with Gasteiger partial charge < -0.3 is 19.7 Å². The minimum atomic E-state index is -0.735. The van der Waals surface area contributed by atoms with Crippen LogP contribution in [-0.4, -0.2) is 38.3 Å². The lowest BCUT2D eigenvalue weighted by atomic mass is 10.2. The summed E-state index contributed by atoms with van der Waals surface area (Å²) in [6.45, 7) is 4.82. The van der Waals surface area contributed by atoms with E-state index in [1.54, 1.807) is 19.1 Å². The Labute approximate surface area is 146 Å². The number of hydrogen-bond acceptors (Lipinski definition) is 4. The number of anilines is 2. The molecular weight excluding hydrogens is 323 g/mol. The molecule has 1 N–H and O–H groups in total. The molecule has 25 heavy (non-hydrogen) atoms. The Hall–Kier alpha value is -2.60. The summed E-state index contributed by atoms with van der Waals surface area (Å²) in [4.78, 5) is 14.5. The summed E-state index contributed by atoms with van der Waals surface area (Å²) in [6.07, 6.45) is -0.735. The van der Waals surface area contributed by atoms with Crippen LogP contribution in [0.3, 0.4) is 0 Å². The highest BCUT2D eigenvalue weighted by Gasteiger charge is 2.16. The lowest BCUT2D eigenvalue weighted by Crippen LogP contribution is -2.36. The van der Waals surface area contributed by atoms with E-state index in [0.29, 0.717) is 11.4 Å². The van der Waals surface area contributed by atoms with Gasteiger partial charge in [0.25, 0.3) is 5.91 Å². The third kappa shape index (κ3) is 4.70. The minimum absolute atomic E-state index is 0.289. The Morgan fingerprint density at radius 2 is 1.92 bits per heavy atom. The van der Waals surface area contributed by atoms with Crippen LogP contribution in [0.1, 0.15) is 6.92 Å². The fraction of sp³-hybridized carbons (Fsp3) is 0.316. The number of ether oxygens (including phenoxy) is 2. The summed E-state index contributed by atoms with van der Waals surface area (Å²) in [7, 11) is 0. The van der Waals surface area contributed by atoms with Crippen molar-refractivity contribution in [1.29, 1.82) is 0 Å². The monoisotopic (exact) mass is 344 g/mol. The number of rotatable bonds is 5. The van der Waals surface area contributed by atoms with Crippen LogP contribution in [0.5, 0.6) is 5.75 Å². The summed E-state index contributed by atoms with van der Waals surface area (Å²) in [6, 6.07) is 13.4. The zero-order chi connectivity index (χ0) is 17.6. The first kappa shape index (κ1) is 17.2. The molecule has 1 saturated heterocycles. The first-order valence-electron chi connectivity index (χ1n) is 8.28. The van der Waals surface area contributed by atoms with Gasteiger partial charge in [-0.1, -0.05) is 6.07 Å². The second kappa shape index (κ2) is 7.98. The first-order chi connectivity index (χ1) is 12.1. The van der Waals surface area contributed by atoms with Crippen LogP contribution in [0, 0.1) is 5.82 Å². The van der Waals surface area contributed by atoms with Gasteiger partial charge in [0, 0.05) is 30.5 Å². The molecule has 1 aliphatic heterocycles. The van der Waals surface area contributed by atoms with Crippen molar-refractivity contribution in [2.24, 2.45) is 0 Å². The summed E-state index contributed by atoms with van der Waals surface area (Å²) in [5.74, 6) is -0.363. The highest BCUT2D eigenvalue weighted by Crippen LogP contribution is 2.20. The quantitative estimate of drug-likeness (QED) is 0.906. The van der Waals surface area contributed by atoms with Gasteiger partial charge >= 0.3 is 0 Å². The fourth-order valence-electron chi connectivity index (χ4n) is 2.62. The molecule has 0 aromatic heterocycles. The highest BCUT2D eigenvalue weighted by molar-refractivity contribution is 5.94. The van der Waals surface area contributed by atoms with Crippen molar-refractivity contribution in [3.63, 3.8) is 0 Å². The average molecular weight is 344 g/mol. The Bertz CT molecular complexity index is 715. The molecule has 1 heterocycles. The largest absolute Gasteiger partial charge is 0.481 e. The Morgan fingerprint density at radius 1 is 1.20 bits per heavy atom. The van der Waals surface area contributed by atoms with Crippen LogP contribution in [0.2, 0.25) is 0 Å². The number of nitrogens with zero attached hydrogens (tertiary/aromatic N) is 1. The van der Waals surface area contributed by atoms with Gasteiger partial charge in [-0.2, -0.15) is 0 Å². The van der Waals surface area contributed by atoms with Crippen LogP contribution in [0.15, 0.2) is 48.5 Å². The van der Waals surface area contributed by atoms with Crippen molar-refractivity contribution < 1.29 is 18.7 Å². The standard InChI is InChI=1S/C19H21FN2O3/c1-14(25-18-4-2-3-15(20)13-18)19(23)21-16-5-7-17(8-6-16)22-9-11-24-12-10-22/h2-8,13-14H,9-12H2,1H3,(H,21,23)/t14-/m1/s1. The van der Waals surface area contributed by atoms with Gasteiger partial charge in [-0.25, -0.2) is 4.39 Å². The van der Waals surface area contributed by atoms with Gasteiger partial charge in [-0.05, 0) is 43.3 Å². The van der Waals surface area contributed by atoms with E-state index in [4.69, 9.17) is 9.47 Å². The molecule has 0 spiro atoms. The minimum Gasteiger partial charge on any atom is -0.481 e. The van der Waals surface area contributed by atoms with Crippen LogP contribution in [0.4, 0.5) is 15.8 Å². The first-order valence-corrected chi connectivity index (χ1v) is 8.28. The summed E-state index contributed by atoms with van der Waals surface area (Å²) >= 11 is 0. The molecule has 0 bridgehead atoms. The summed E-state index contributed by atoms with van der Waals surface area (Å²) in [5.41, 5.74) is 1.79. The van der Waals surface area contributed by atoms with Gasteiger partial charge in [0.15, 0.2) is 6.10 Å². The van der Waals surface area contributed by atoms with Gasteiger partial charge in [-0.15, -0.1) is 0 Å². The Morgan fingerprint density at radius 3 is 2.60 bits per heavy atom. The molecule has 0 saturated carbocycles. The Balaban J connectivity index is 1.56. The fourth-order valence-corrected chi connectivity index (χ4v) is 2.62. The number of carbonyl (C=O) groups excluding carboxylic acids is 1. The van der Waals surface area contributed by atoms with Gasteiger partial charge in [0.05, 0.1) is 13.2 Å². The Kier molecular flexibility index (Phi) is 5.50. The van der Waals surface area contributed by atoms with E-state index in [2.05, 4.69) is 10.2 Å². The van der Waals surface area contributed by atoms with Gasteiger partial charge in [0.2, 0.25) is 0 Å². The van der Waals surface area contributed by atoms with Crippen molar-refractivity contribution >= 4 is 17.3 Å². The average Bonchev–Trinajstić information content (AvgIpc) is 2.63. The second-order valence-corrected chi connectivity index (χ2v) is 5.85. The van der Waals surface area contributed by atoms with Crippen LogP contribution in [0.25, 0.3) is 0 Å². The molecule has 0 unspecified atom stereocenters. The number of amides is 1. The number of carbonyl (C=O) groups is 1. The predicted octanol–water partition coefficient (Wildman–Crippen LogP) is 3.07. The topological polar surface area (TPSA) is 50.8 Å². The summed E-state index contributed by atoms with van der Waals surface area (Å²) in [5, 5.41) is 2.81. The number of nitrogens with one attached hydrogen (secondary N) is 1. The molecule has 1 aliphatic rings. The molecule has 0 aliphatic carbocycles. The molecule has 1 fully saturated rings. The lowest BCUT2D eigenvalue weighted by molar-refractivity contribution is -0.122. The van der Waals surface area contributed by atoms with Gasteiger partial charge in [-0.3, -0.25) is 4.79 Å².